The Bertz CT molecular complexity index is 1230. The summed E-state index contributed by atoms with van der Waals surface area (Å²) in [6.07, 6.45) is 1.82. The van der Waals surface area contributed by atoms with Gasteiger partial charge in [-0.05, 0) is 38.5 Å². The summed E-state index contributed by atoms with van der Waals surface area (Å²) in [5.74, 6) is -2.98. The Morgan fingerprint density at radius 3 is 2.54 bits per heavy atom. The second-order valence-corrected chi connectivity index (χ2v) is 9.29. The molecule has 1 aromatic carbocycles. The highest BCUT2D eigenvalue weighted by atomic mass is 16.6. The van der Waals surface area contributed by atoms with Crippen LogP contribution in [0.5, 0.6) is 0 Å². The van der Waals surface area contributed by atoms with Gasteiger partial charge in [-0.2, -0.15) is 0 Å². The van der Waals surface area contributed by atoms with Gasteiger partial charge in [0.1, 0.15) is 18.2 Å². The Morgan fingerprint density at radius 1 is 1.11 bits per heavy atom. The van der Waals surface area contributed by atoms with Gasteiger partial charge in [0.2, 0.25) is 11.8 Å². The first-order valence-electron chi connectivity index (χ1n) is 11.6. The second kappa shape index (κ2) is 11.6. The van der Waals surface area contributed by atoms with E-state index >= 15 is 0 Å². The zero-order chi connectivity index (χ0) is 27.2. The minimum Gasteiger partial charge on any atom is -0.467 e. The van der Waals surface area contributed by atoms with Gasteiger partial charge in [-0.25, -0.2) is 14.4 Å². The molecule has 3 amide bonds. The largest absolute Gasteiger partial charge is 0.467 e. The molecule has 2 atom stereocenters. The van der Waals surface area contributed by atoms with Gasteiger partial charge in [0, 0.05) is 29.1 Å². The van der Waals surface area contributed by atoms with Gasteiger partial charge < -0.3 is 35.1 Å². The molecule has 0 bridgehead atoms. The molecule has 12 nitrogen and oxygen atoms in total. The van der Waals surface area contributed by atoms with E-state index in [4.69, 9.17) is 9.47 Å². The Balaban J connectivity index is 2.00. The lowest BCUT2D eigenvalue weighted by atomic mass is 10.0. The smallest absolute Gasteiger partial charge is 0.408 e. The zero-order valence-electron chi connectivity index (χ0n) is 21.0. The number of benzene rings is 1. The molecule has 1 aliphatic heterocycles. The number of H-pyrrole nitrogens is 1. The summed E-state index contributed by atoms with van der Waals surface area (Å²) in [5.41, 5.74) is 1.09. The van der Waals surface area contributed by atoms with Gasteiger partial charge in [0.05, 0.1) is 13.7 Å². The quantitative estimate of drug-likeness (QED) is 0.340. The van der Waals surface area contributed by atoms with Gasteiger partial charge >= 0.3 is 18.0 Å². The van der Waals surface area contributed by atoms with Crippen molar-refractivity contribution in [2.75, 3.05) is 20.3 Å². The van der Waals surface area contributed by atoms with Crippen molar-refractivity contribution in [3.05, 3.63) is 41.6 Å². The first kappa shape index (κ1) is 27.2. The third-order valence-electron chi connectivity index (χ3n) is 5.28. The van der Waals surface area contributed by atoms with Crippen molar-refractivity contribution in [3.63, 3.8) is 0 Å². The van der Waals surface area contributed by atoms with Crippen LogP contribution < -0.4 is 16.0 Å². The number of methoxy groups -OCH3 is 1. The van der Waals surface area contributed by atoms with E-state index in [1.54, 1.807) is 20.8 Å². The number of hydrogen-bond acceptors (Lipinski definition) is 8. The molecule has 4 N–H and O–H groups in total. The van der Waals surface area contributed by atoms with Crippen molar-refractivity contribution in [2.24, 2.45) is 0 Å². The molecule has 0 fully saturated rings. The minimum atomic E-state index is -1.28. The standard InChI is InChI=1S/C25H30N4O8/c1-25(2,3)37-24(34)29-18-11-15-14-7-5-6-8-16(14)27-17(15)9-10-21(31)36-13-19(23(33)35-4)28-20(30)12-26-22(18)32/h5-10,18-19,27H,11-13H2,1-4H3,(H,26,32)(H,28,30)(H,29,34)/b10-9-/t18-,19-/m0/s1. The van der Waals surface area contributed by atoms with E-state index in [1.165, 1.54) is 6.08 Å². The lowest BCUT2D eigenvalue weighted by Gasteiger charge is -2.23. The van der Waals surface area contributed by atoms with Crippen molar-refractivity contribution < 1.29 is 38.2 Å². The van der Waals surface area contributed by atoms with E-state index in [2.05, 4.69) is 25.7 Å². The van der Waals surface area contributed by atoms with Crippen molar-refractivity contribution in [2.45, 2.75) is 44.9 Å². The number of amides is 3. The first-order valence-corrected chi connectivity index (χ1v) is 11.6. The van der Waals surface area contributed by atoms with Gasteiger partial charge in [0.15, 0.2) is 6.04 Å². The average Bonchev–Trinajstić information content (AvgIpc) is 3.18. The molecule has 0 saturated carbocycles. The van der Waals surface area contributed by atoms with E-state index in [0.29, 0.717) is 11.3 Å². The minimum absolute atomic E-state index is 0.0101. The zero-order valence-corrected chi connectivity index (χ0v) is 21.0. The first-order chi connectivity index (χ1) is 17.5. The number of aromatic nitrogens is 1. The molecular formula is C25H30N4O8. The normalized spacial score (nSPS) is 20.3. The fraction of sp³-hybridized carbons (Fsp3) is 0.400. The fourth-order valence-electron chi connectivity index (χ4n) is 3.66. The van der Waals surface area contributed by atoms with Crippen LogP contribution in [0.15, 0.2) is 30.3 Å². The molecule has 0 saturated heterocycles. The molecule has 2 aromatic rings. The number of para-hydroxylation sites is 1. The lowest BCUT2D eigenvalue weighted by molar-refractivity contribution is -0.149. The van der Waals surface area contributed by atoms with Gasteiger partial charge in [-0.3, -0.25) is 9.59 Å². The van der Waals surface area contributed by atoms with Crippen LogP contribution in [0.3, 0.4) is 0 Å². The maximum Gasteiger partial charge on any atom is 0.408 e. The predicted molar refractivity (Wildman–Crippen MR) is 132 cm³/mol. The number of carbonyl (C=O) groups excluding carboxylic acids is 5. The van der Waals surface area contributed by atoms with Crippen LogP contribution in [0.1, 0.15) is 32.0 Å². The van der Waals surface area contributed by atoms with Crippen molar-refractivity contribution in [1.29, 1.82) is 0 Å². The highest BCUT2D eigenvalue weighted by Crippen LogP contribution is 2.25. The Kier molecular flexibility index (Phi) is 8.53. The second-order valence-electron chi connectivity index (χ2n) is 9.29. The van der Waals surface area contributed by atoms with Crippen molar-refractivity contribution >= 4 is 46.8 Å². The predicted octanol–water partition coefficient (Wildman–Crippen LogP) is 0.948. The maximum atomic E-state index is 13.1. The molecule has 0 aliphatic carbocycles. The molecule has 37 heavy (non-hydrogen) atoms. The number of esters is 2. The van der Waals surface area contributed by atoms with E-state index in [9.17, 15) is 24.0 Å². The number of aromatic amines is 1. The summed E-state index contributed by atoms with van der Waals surface area (Å²) in [5, 5.41) is 8.16. The molecule has 1 aromatic heterocycles. The van der Waals surface area contributed by atoms with E-state index in [1.807, 2.05) is 24.3 Å². The molecular weight excluding hydrogens is 484 g/mol. The monoisotopic (exact) mass is 514 g/mol. The number of nitrogens with one attached hydrogen (secondary N) is 4. The highest BCUT2D eigenvalue weighted by Gasteiger charge is 2.28. The SMILES string of the molecule is COC(=O)[C@@H]1COC(=O)/C=C\c2[nH]c3ccccc3c2C[C@H](NC(=O)OC(C)(C)C)C(=O)NCC(=O)N1. The Hall–Kier alpha value is -4.35. The number of ether oxygens (including phenoxy) is 3. The number of carbonyl (C=O) groups is 5. The van der Waals surface area contributed by atoms with Crippen LogP contribution in [0, 0.1) is 0 Å². The molecule has 198 valence electrons. The third kappa shape index (κ3) is 7.56. The van der Waals surface area contributed by atoms with Gasteiger partial charge in [0.25, 0.3) is 0 Å². The molecule has 2 heterocycles. The molecule has 1 aliphatic rings. The van der Waals surface area contributed by atoms with E-state index < -0.39 is 60.7 Å². The highest BCUT2D eigenvalue weighted by molar-refractivity contribution is 5.94. The van der Waals surface area contributed by atoms with Crippen LogP contribution in [0.2, 0.25) is 0 Å². The van der Waals surface area contributed by atoms with Crippen LogP contribution in [-0.2, 0) is 39.8 Å². The molecule has 3 rings (SSSR count). The summed E-state index contributed by atoms with van der Waals surface area (Å²) in [6.45, 7) is 4.08. The van der Waals surface area contributed by atoms with Gasteiger partial charge in [-0.15, -0.1) is 0 Å². The van der Waals surface area contributed by atoms with Crippen molar-refractivity contribution in [3.8, 4) is 0 Å². The fourth-order valence-corrected chi connectivity index (χ4v) is 3.66. The average molecular weight is 515 g/mol. The Labute approximate surface area is 213 Å². The summed E-state index contributed by atoms with van der Waals surface area (Å²) in [7, 11) is 1.12. The summed E-state index contributed by atoms with van der Waals surface area (Å²) in [4.78, 5) is 65.7. The maximum absolute atomic E-state index is 13.1. The van der Waals surface area contributed by atoms with Gasteiger partial charge in [-0.1, -0.05) is 18.2 Å². The van der Waals surface area contributed by atoms with Crippen LogP contribution in [0.25, 0.3) is 17.0 Å². The van der Waals surface area contributed by atoms with Crippen molar-refractivity contribution in [1.82, 2.24) is 20.9 Å². The van der Waals surface area contributed by atoms with E-state index in [-0.39, 0.29) is 6.42 Å². The summed E-state index contributed by atoms with van der Waals surface area (Å²) in [6, 6.07) is 4.89. The van der Waals surface area contributed by atoms with Crippen LogP contribution in [-0.4, -0.2) is 72.8 Å². The van der Waals surface area contributed by atoms with Crippen LogP contribution in [0.4, 0.5) is 4.79 Å². The molecule has 0 unspecified atom stereocenters. The molecule has 0 spiro atoms. The number of rotatable bonds is 2. The topological polar surface area (TPSA) is 165 Å². The lowest BCUT2D eigenvalue weighted by Crippen LogP contribution is -2.53. The molecule has 12 heteroatoms. The number of alkyl carbamates (subject to hydrolysis) is 1. The Morgan fingerprint density at radius 2 is 1.84 bits per heavy atom. The third-order valence-corrected chi connectivity index (χ3v) is 5.28. The summed E-state index contributed by atoms with van der Waals surface area (Å²) >= 11 is 0. The van der Waals surface area contributed by atoms with Crippen LogP contribution >= 0.6 is 0 Å². The number of fused-ring (bicyclic) bond motifs is 3. The summed E-state index contributed by atoms with van der Waals surface area (Å²) < 4.78 is 15.1. The number of hydrogen-bond donors (Lipinski definition) is 4. The molecule has 0 radical (unpaired) electrons. The van der Waals surface area contributed by atoms with E-state index in [0.717, 1.165) is 24.1 Å². The number of cyclic esters (lactones) is 1.